The smallest absolute Gasteiger partial charge is 0.0542 e. The maximum absolute atomic E-state index is 2.41. The van der Waals surface area contributed by atoms with Crippen molar-refractivity contribution in [3.8, 4) is 16.8 Å². The number of rotatable bonds is 4. The molecule has 0 N–H and O–H groups in total. The number of nitrogens with zero attached hydrogens (tertiary/aromatic N) is 2. The lowest BCUT2D eigenvalue weighted by molar-refractivity contribution is 1.19. The highest BCUT2D eigenvalue weighted by Gasteiger charge is 2.16. The molecule has 6 aromatic carbocycles. The Balaban J connectivity index is 1.44. The highest BCUT2D eigenvalue weighted by Crippen LogP contribution is 2.39. The fourth-order valence-corrected chi connectivity index (χ4v) is 5.60. The van der Waals surface area contributed by atoms with Crippen LogP contribution >= 0.6 is 0 Å². The summed E-state index contributed by atoms with van der Waals surface area (Å²) >= 11 is 0. The van der Waals surface area contributed by atoms with Gasteiger partial charge in [0.1, 0.15) is 0 Å². The topological polar surface area (TPSA) is 8.17 Å². The van der Waals surface area contributed by atoms with Gasteiger partial charge in [-0.3, -0.25) is 0 Å². The molecule has 0 saturated carbocycles. The summed E-state index contributed by atoms with van der Waals surface area (Å²) < 4.78 is 2.41. The third-order valence-corrected chi connectivity index (χ3v) is 7.40. The van der Waals surface area contributed by atoms with Gasteiger partial charge < -0.3 is 9.47 Å². The highest BCUT2D eigenvalue weighted by atomic mass is 15.1. The molecule has 0 bridgehead atoms. The van der Waals surface area contributed by atoms with Crippen molar-refractivity contribution in [2.45, 2.75) is 0 Å². The first-order chi connectivity index (χ1) is 18.3. The van der Waals surface area contributed by atoms with Crippen LogP contribution in [0, 0.1) is 0 Å². The van der Waals surface area contributed by atoms with Crippen molar-refractivity contribution in [1.29, 1.82) is 0 Å². The monoisotopic (exact) mass is 474 g/mol. The molecule has 176 valence electrons. The zero-order valence-corrected chi connectivity index (χ0v) is 20.7. The minimum atomic E-state index is 1.16. The van der Waals surface area contributed by atoms with Crippen LogP contribution in [0.2, 0.25) is 0 Å². The van der Waals surface area contributed by atoms with Crippen LogP contribution in [-0.2, 0) is 0 Å². The summed E-state index contributed by atoms with van der Waals surface area (Å²) in [7, 11) is 2.16. The van der Waals surface area contributed by atoms with E-state index in [1.165, 1.54) is 55.1 Å². The van der Waals surface area contributed by atoms with Crippen molar-refractivity contribution < 1.29 is 0 Å². The molecule has 0 spiro atoms. The van der Waals surface area contributed by atoms with E-state index in [0.29, 0.717) is 0 Å². The zero-order chi connectivity index (χ0) is 24.8. The summed E-state index contributed by atoms with van der Waals surface area (Å²) in [6, 6.07) is 50.0. The summed E-state index contributed by atoms with van der Waals surface area (Å²) in [5.74, 6) is 0. The molecule has 0 unspecified atom stereocenters. The van der Waals surface area contributed by atoms with E-state index in [1.807, 2.05) is 0 Å². The van der Waals surface area contributed by atoms with Crippen LogP contribution in [0.4, 0.5) is 11.4 Å². The van der Waals surface area contributed by atoms with Gasteiger partial charge in [-0.15, -0.1) is 0 Å². The molecule has 37 heavy (non-hydrogen) atoms. The minimum Gasteiger partial charge on any atom is -0.344 e. The molecule has 2 heteroatoms. The molecule has 7 rings (SSSR count). The zero-order valence-electron chi connectivity index (χ0n) is 20.7. The predicted octanol–water partition coefficient (Wildman–Crippen LogP) is 9.37. The van der Waals surface area contributed by atoms with Gasteiger partial charge in [0.25, 0.3) is 0 Å². The van der Waals surface area contributed by atoms with Crippen LogP contribution in [0.15, 0.2) is 140 Å². The van der Waals surface area contributed by atoms with Crippen LogP contribution in [0.5, 0.6) is 0 Å². The number of para-hydroxylation sites is 2. The molecule has 0 atom stereocenters. The third kappa shape index (κ3) is 3.49. The minimum absolute atomic E-state index is 1.16. The average Bonchev–Trinajstić information content (AvgIpc) is 3.30. The molecule has 1 heterocycles. The first kappa shape index (κ1) is 21.5. The van der Waals surface area contributed by atoms with Gasteiger partial charge in [-0.25, -0.2) is 0 Å². The Bertz CT molecular complexity index is 1890. The lowest BCUT2D eigenvalue weighted by atomic mass is 10.0. The van der Waals surface area contributed by atoms with Crippen molar-refractivity contribution in [3.63, 3.8) is 0 Å². The first-order valence-corrected chi connectivity index (χ1v) is 12.7. The highest BCUT2D eigenvalue weighted by molar-refractivity contribution is 6.11. The number of anilines is 2. The van der Waals surface area contributed by atoms with Crippen molar-refractivity contribution in [2.75, 3.05) is 11.9 Å². The Morgan fingerprint density at radius 2 is 1.19 bits per heavy atom. The van der Waals surface area contributed by atoms with Gasteiger partial charge in [0, 0.05) is 40.1 Å². The molecule has 0 radical (unpaired) electrons. The van der Waals surface area contributed by atoms with E-state index in [4.69, 9.17) is 0 Å². The molecule has 0 aliphatic rings. The Kier molecular flexibility index (Phi) is 5.04. The van der Waals surface area contributed by atoms with Crippen LogP contribution in [0.1, 0.15) is 0 Å². The van der Waals surface area contributed by atoms with Gasteiger partial charge in [-0.1, -0.05) is 103 Å². The predicted molar refractivity (Wildman–Crippen MR) is 158 cm³/mol. The molecule has 0 aliphatic heterocycles. The van der Waals surface area contributed by atoms with Gasteiger partial charge in [0.15, 0.2) is 0 Å². The van der Waals surface area contributed by atoms with E-state index in [2.05, 4.69) is 156 Å². The van der Waals surface area contributed by atoms with Crippen LogP contribution in [0.3, 0.4) is 0 Å². The maximum Gasteiger partial charge on any atom is 0.0542 e. The van der Waals surface area contributed by atoms with Gasteiger partial charge in [-0.05, 0) is 47.3 Å². The fourth-order valence-electron chi connectivity index (χ4n) is 5.60. The van der Waals surface area contributed by atoms with Crippen molar-refractivity contribution in [3.05, 3.63) is 140 Å². The normalized spacial score (nSPS) is 11.4. The molecule has 0 amide bonds. The van der Waals surface area contributed by atoms with E-state index in [9.17, 15) is 0 Å². The van der Waals surface area contributed by atoms with E-state index in [-0.39, 0.29) is 0 Å². The molecule has 7 aromatic rings. The van der Waals surface area contributed by atoms with E-state index >= 15 is 0 Å². The molecule has 0 fully saturated rings. The Labute approximate surface area is 216 Å². The second-order valence-electron chi connectivity index (χ2n) is 9.49. The lowest BCUT2D eigenvalue weighted by Crippen LogP contribution is -2.10. The summed E-state index contributed by atoms with van der Waals surface area (Å²) in [5.41, 5.74) is 8.44. The van der Waals surface area contributed by atoms with E-state index in [1.54, 1.807) is 0 Å². The van der Waals surface area contributed by atoms with Crippen LogP contribution in [-0.4, -0.2) is 11.6 Å². The van der Waals surface area contributed by atoms with Gasteiger partial charge in [0.2, 0.25) is 0 Å². The largest absolute Gasteiger partial charge is 0.344 e. The van der Waals surface area contributed by atoms with E-state index in [0.717, 1.165) is 5.69 Å². The van der Waals surface area contributed by atoms with Crippen LogP contribution in [0.25, 0.3) is 49.4 Å². The summed E-state index contributed by atoms with van der Waals surface area (Å²) in [6.07, 6.45) is 0. The molecular formula is C35H26N2. The fraction of sp³-hybridized carbons (Fsp3) is 0.0286. The molecule has 1 aromatic heterocycles. The molecule has 0 saturated heterocycles. The summed E-state index contributed by atoms with van der Waals surface area (Å²) in [5, 5.41) is 5.02. The second-order valence-corrected chi connectivity index (χ2v) is 9.49. The summed E-state index contributed by atoms with van der Waals surface area (Å²) in [4.78, 5) is 2.30. The molecule has 2 nitrogen and oxygen atoms in total. The van der Waals surface area contributed by atoms with Gasteiger partial charge in [-0.2, -0.15) is 0 Å². The standard InChI is InChI=1S/C35H26N2/c1-36(32-19-9-7-16-28(32)25-12-3-2-4-13-25)27-22-23-35-31(24-27)30-18-8-10-20-34(30)37(35)33-21-11-15-26-14-5-6-17-29(26)33/h2-24H,1H3. The summed E-state index contributed by atoms with van der Waals surface area (Å²) in [6.45, 7) is 0. The molecular weight excluding hydrogens is 448 g/mol. The maximum atomic E-state index is 2.41. The SMILES string of the molecule is CN(c1ccc2c(c1)c1ccccc1n2-c1cccc2ccccc12)c1ccccc1-c1ccccc1. The lowest BCUT2D eigenvalue weighted by Gasteiger charge is -2.23. The number of hydrogen-bond acceptors (Lipinski definition) is 1. The van der Waals surface area contributed by atoms with Gasteiger partial charge in [0.05, 0.1) is 16.7 Å². The Morgan fingerprint density at radius 3 is 2.08 bits per heavy atom. The quantitative estimate of drug-likeness (QED) is 0.247. The number of fused-ring (bicyclic) bond motifs is 4. The first-order valence-electron chi connectivity index (χ1n) is 12.7. The average molecular weight is 475 g/mol. The Morgan fingerprint density at radius 1 is 0.514 bits per heavy atom. The number of hydrogen-bond donors (Lipinski definition) is 0. The van der Waals surface area contributed by atoms with E-state index < -0.39 is 0 Å². The number of benzene rings is 6. The van der Waals surface area contributed by atoms with Crippen molar-refractivity contribution in [2.24, 2.45) is 0 Å². The second kappa shape index (κ2) is 8.69. The number of aromatic nitrogens is 1. The molecule has 0 aliphatic carbocycles. The van der Waals surface area contributed by atoms with Crippen molar-refractivity contribution >= 4 is 44.0 Å². The van der Waals surface area contributed by atoms with Gasteiger partial charge >= 0.3 is 0 Å². The van der Waals surface area contributed by atoms with Crippen LogP contribution < -0.4 is 4.90 Å². The Hall–Kier alpha value is -4.82. The van der Waals surface area contributed by atoms with Crippen molar-refractivity contribution in [1.82, 2.24) is 4.57 Å². The third-order valence-electron chi connectivity index (χ3n) is 7.40.